The van der Waals surface area contributed by atoms with Crippen molar-refractivity contribution >= 4 is 32.0 Å². The summed E-state index contributed by atoms with van der Waals surface area (Å²) in [5, 5.41) is 9.95. The van der Waals surface area contributed by atoms with Crippen molar-refractivity contribution in [3.8, 4) is 0 Å². The summed E-state index contributed by atoms with van der Waals surface area (Å²) in [5.41, 5.74) is 7.39. The zero-order chi connectivity index (χ0) is 19.9. The van der Waals surface area contributed by atoms with E-state index in [1.54, 1.807) is 12.1 Å². The molecule has 0 bridgehead atoms. The Bertz CT molecular complexity index is 833. The van der Waals surface area contributed by atoms with E-state index < -0.39 is 10.1 Å². The lowest BCUT2D eigenvalue weighted by molar-refractivity contribution is 0.176. The van der Waals surface area contributed by atoms with Gasteiger partial charge in [0.15, 0.2) is 5.96 Å². The molecule has 0 spiro atoms. The van der Waals surface area contributed by atoms with Gasteiger partial charge < -0.3 is 15.8 Å². The fourth-order valence-corrected chi connectivity index (χ4v) is 3.99. The Kier molecular flexibility index (Phi) is 7.88. The lowest BCUT2D eigenvalue weighted by Crippen LogP contribution is -2.32. The summed E-state index contributed by atoms with van der Waals surface area (Å²) in [6, 6.07) is 6.55. The molecular weight excluding hydrogens is 434 g/mol. The van der Waals surface area contributed by atoms with E-state index in [9.17, 15) is 8.42 Å². The van der Waals surface area contributed by atoms with Gasteiger partial charge in [0.05, 0.1) is 22.6 Å². The molecule has 0 heterocycles. The van der Waals surface area contributed by atoms with Gasteiger partial charge in [0, 0.05) is 19.4 Å². The van der Waals surface area contributed by atoms with Crippen LogP contribution in [-0.2, 0) is 19.0 Å². The molecule has 0 radical (unpaired) electrons. The largest absolute Gasteiger partial charge is 0.497 e. The van der Waals surface area contributed by atoms with Gasteiger partial charge in [-0.05, 0) is 53.1 Å². The highest BCUT2D eigenvalue weighted by molar-refractivity contribution is 9.11. The Labute approximate surface area is 168 Å². The number of benzene rings is 1. The quantitative estimate of drug-likeness (QED) is 0.227. The van der Waals surface area contributed by atoms with Gasteiger partial charge in [0.25, 0.3) is 10.1 Å². The summed E-state index contributed by atoms with van der Waals surface area (Å²) in [6.07, 6.45) is 3.95. The van der Waals surface area contributed by atoms with Crippen LogP contribution >= 0.6 is 15.9 Å². The first-order valence-corrected chi connectivity index (χ1v) is 10.7. The molecule has 1 aromatic rings. The van der Waals surface area contributed by atoms with Crippen molar-refractivity contribution in [3.05, 3.63) is 51.7 Å². The van der Waals surface area contributed by atoms with E-state index in [4.69, 9.17) is 20.1 Å². The molecule has 7 nitrogen and oxygen atoms in total. The van der Waals surface area contributed by atoms with E-state index in [1.807, 2.05) is 13.0 Å². The molecule has 0 fully saturated rings. The highest BCUT2D eigenvalue weighted by Gasteiger charge is 2.16. The van der Waals surface area contributed by atoms with Gasteiger partial charge in [-0.1, -0.05) is 17.7 Å². The molecule has 4 N–H and O–H groups in total. The molecule has 0 unspecified atom stereocenters. The summed E-state index contributed by atoms with van der Waals surface area (Å²) in [7, 11) is -3.73. The van der Waals surface area contributed by atoms with Crippen molar-refractivity contribution in [3.63, 3.8) is 0 Å². The van der Waals surface area contributed by atoms with Crippen LogP contribution in [0.4, 0.5) is 0 Å². The summed E-state index contributed by atoms with van der Waals surface area (Å²) >= 11 is 3.48. The lowest BCUT2D eigenvalue weighted by atomic mass is 10.0. The van der Waals surface area contributed by atoms with Crippen molar-refractivity contribution in [2.24, 2.45) is 5.73 Å². The standard InChI is InChI=1S/C18H24BrN3O4S/c1-13-3-6-15(7-4-13)27(23,24)26-10-2-9-25-17-8-5-14(11-16(17)19)12-22-18(20)21/h3-4,6-7,11H,2,5,8-10,12H2,1H3,(H4,20,21,22). The smallest absolute Gasteiger partial charge is 0.296 e. The fourth-order valence-electron chi connectivity index (χ4n) is 2.41. The number of guanidine groups is 1. The molecule has 148 valence electrons. The van der Waals surface area contributed by atoms with Crippen molar-refractivity contribution in [1.82, 2.24) is 5.32 Å². The first kappa shape index (κ1) is 21.5. The zero-order valence-corrected chi connectivity index (χ0v) is 17.5. The highest BCUT2D eigenvalue weighted by Crippen LogP contribution is 2.28. The first-order chi connectivity index (χ1) is 12.8. The first-order valence-electron chi connectivity index (χ1n) is 8.53. The molecule has 2 rings (SSSR count). The zero-order valence-electron chi connectivity index (χ0n) is 15.1. The van der Waals surface area contributed by atoms with E-state index >= 15 is 0 Å². The van der Waals surface area contributed by atoms with Gasteiger partial charge in [0.2, 0.25) is 0 Å². The molecule has 0 saturated carbocycles. The number of rotatable bonds is 9. The molecule has 9 heteroatoms. The number of nitrogens with two attached hydrogens (primary N) is 1. The molecule has 0 atom stereocenters. The van der Waals surface area contributed by atoms with Gasteiger partial charge in [-0.2, -0.15) is 8.42 Å². The number of allylic oxidation sites excluding steroid dienone is 3. The Hall–Kier alpha value is -1.84. The fraction of sp³-hybridized carbons (Fsp3) is 0.389. The van der Waals surface area contributed by atoms with Gasteiger partial charge in [-0.15, -0.1) is 0 Å². The predicted molar refractivity (Wildman–Crippen MR) is 108 cm³/mol. The van der Waals surface area contributed by atoms with Crippen LogP contribution in [0.15, 0.2) is 51.1 Å². The summed E-state index contributed by atoms with van der Waals surface area (Å²) in [6.45, 7) is 2.85. The number of hydrogen-bond acceptors (Lipinski definition) is 5. The third-order valence-corrected chi connectivity index (χ3v) is 5.89. The van der Waals surface area contributed by atoms with E-state index in [0.29, 0.717) is 19.6 Å². The molecule has 0 amide bonds. The third kappa shape index (κ3) is 7.00. The SMILES string of the molecule is Cc1ccc(S(=O)(=O)OCCCOC2=C(Br)C=C(CNC(=N)N)CC2)cc1. The number of aryl methyl sites for hydroxylation is 1. The molecule has 1 aliphatic carbocycles. The molecule has 0 aliphatic heterocycles. The van der Waals surface area contributed by atoms with Gasteiger partial charge in [-0.25, -0.2) is 0 Å². The van der Waals surface area contributed by atoms with Crippen molar-refractivity contribution < 1.29 is 17.3 Å². The molecule has 0 aromatic heterocycles. The average molecular weight is 458 g/mol. The summed E-state index contributed by atoms with van der Waals surface area (Å²) in [4.78, 5) is 0.156. The van der Waals surface area contributed by atoms with Crippen molar-refractivity contribution in [2.75, 3.05) is 19.8 Å². The third-order valence-electron chi connectivity index (χ3n) is 3.89. The van der Waals surface area contributed by atoms with Crippen LogP contribution in [0, 0.1) is 12.3 Å². The molecular formula is C18H24BrN3O4S. The highest BCUT2D eigenvalue weighted by atomic mass is 79.9. The minimum absolute atomic E-state index is 0.0568. The summed E-state index contributed by atoms with van der Waals surface area (Å²) in [5.74, 6) is 0.765. The van der Waals surface area contributed by atoms with Crippen LogP contribution in [0.25, 0.3) is 0 Å². The molecule has 1 aromatic carbocycles. The number of halogens is 1. The monoisotopic (exact) mass is 457 g/mol. The number of hydrogen-bond donors (Lipinski definition) is 3. The molecule has 0 saturated heterocycles. The number of ether oxygens (including phenoxy) is 1. The topological polar surface area (TPSA) is 115 Å². The van der Waals surface area contributed by atoms with Gasteiger partial charge in [0.1, 0.15) is 5.76 Å². The normalized spacial score (nSPS) is 14.7. The van der Waals surface area contributed by atoms with Crippen LogP contribution in [-0.4, -0.2) is 34.1 Å². The van der Waals surface area contributed by atoms with Crippen LogP contribution in [0.3, 0.4) is 0 Å². The Balaban J connectivity index is 1.76. The molecule has 1 aliphatic rings. The maximum atomic E-state index is 12.1. The van der Waals surface area contributed by atoms with Crippen LogP contribution < -0.4 is 11.1 Å². The second kappa shape index (κ2) is 9.91. The van der Waals surface area contributed by atoms with E-state index in [2.05, 4.69) is 21.2 Å². The Morgan fingerprint density at radius 2 is 1.96 bits per heavy atom. The van der Waals surface area contributed by atoms with Crippen LogP contribution in [0.1, 0.15) is 24.8 Å². The second-order valence-corrected chi connectivity index (χ2v) is 8.60. The second-order valence-electron chi connectivity index (χ2n) is 6.13. The number of nitrogens with one attached hydrogen (secondary N) is 2. The van der Waals surface area contributed by atoms with E-state index in [1.165, 1.54) is 12.1 Å². The predicted octanol–water partition coefficient (Wildman–Crippen LogP) is 2.92. The maximum absolute atomic E-state index is 12.1. The Morgan fingerprint density at radius 3 is 2.59 bits per heavy atom. The Morgan fingerprint density at radius 1 is 1.26 bits per heavy atom. The van der Waals surface area contributed by atoms with Crippen LogP contribution in [0.2, 0.25) is 0 Å². The average Bonchev–Trinajstić information content (AvgIpc) is 2.61. The molecule has 27 heavy (non-hydrogen) atoms. The minimum atomic E-state index is -3.73. The van der Waals surface area contributed by atoms with Gasteiger partial charge >= 0.3 is 0 Å². The van der Waals surface area contributed by atoms with Crippen LogP contribution in [0.5, 0.6) is 0 Å². The van der Waals surface area contributed by atoms with E-state index in [-0.39, 0.29) is 17.5 Å². The minimum Gasteiger partial charge on any atom is -0.497 e. The van der Waals surface area contributed by atoms with Crippen molar-refractivity contribution in [2.45, 2.75) is 31.1 Å². The van der Waals surface area contributed by atoms with E-state index in [0.717, 1.165) is 34.2 Å². The maximum Gasteiger partial charge on any atom is 0.296 e. The summed E-state index contributed by atoms with van der Waals surface area (Å²) < 4.78 is 35.8. The lowest BCUT2D eigenvalue weighted by Gasteiger charge is -2.18. The van der Waals surface area contributed by atoms with Gasteiger partial charge in [-0.3, -0.25) is 9.59 Å². The van der Waals surface area contributed by atoms with Crippen molar-refractivity contribution in [1.29, 1.82) is 5.41 Å².